The monoisotopic (exact) mass is 210 g/mol. The number of nitrogens with zero attached hydrogens (tertiary/aromatic N) is 1. The van der Waals surface area contributed by atoms with E-state index in [9.17, 15) is 9.59 Å². The van der Waals surface area contributed by atoms with Crippen molar-refractivity contribution in [3.8, 4) is 6.07 Å². The molecule has 0 radical (unpaired) electrons. The van der Waals surface area contributed by atoms with Gasteiger partial charge in [0.05, 0.1) is 7.11 Å². The third kappa shape index (κ3) is 2.26. The third-order valence-corrected chi connectivity index (χ3v) is 2.13. The lowest BCUT2D eigenvalue weighted by Crippen LogP contribution is -2.30. The summed E-state index contributed by atoms with van der Waals surface area (Å²) in [4.78, 5) is 21.7. The summed E-state index contributed by atoms with van der Waals surface area (Å²) >= 11 is 0. The molecule has 1 fully saturated rings. The molecule has 0 bridgehead atoms. The average molecular weight is 210 g/mol. The van der Waals surface area contributed by atoms with Gasteiger partial charge in [-0.2, -0.15) is 5.26 Å². The minimum absolute atomic E-state index is 0.152. The zero-order chi connectivity index (χ0) is 11.4. The van der Waals surface area contributed by atoms with Crippen LogP contribution >= 0.6 is 0 Å². The van der Waals surface area contributed by atoms with Crippen LogP contribution in [0.3, 0.4) is 0 Å². The molecular formula is C9H10N2O4. The van der Waals surface area contributed by atoms with Crippen LogP contribution in [0.2, 0.25) is 0 Å². The van der Waals surface area contributed by atoms with Crippen molar-refractivity contribution in [2.75, 3.05) is 7.11 Å². The summed E-state index contributed by atoms with van der Waals surface area (Å²) in [6.45, 7) is 0. The molecule has 0 aromatic rings. The highest BCUT2D eigenvalue weighted by Gasteiger charge is 2.28. The number of allylic oxidation sites excluding steroid dienone is 1. The number of hydrogen-bond donors (Lipinski definition) is 2. The van der Waals surface area contributed by atoms with Gasteiger partial charge in [0.25, 0.3) is 0 Å². The third-order valence-electron chi connectivity index (χ3n) is 2.13. The first-order valence-corrected chi connectivity index (χ1v) is 4.31. The van der Waals surface area contributed by atoms with Gasteiger partial charge in [-0.1, -0.05) is 0 Å². The van der Waals surface area contributed by atoms with Gasteiger partial charge in [-0.05, 0) is 12.8 Å². The maximum Gasteiger partial charge on any atom is 0.350 e. The molecule has 0 spiro atoms. The maximum atomic E-state index is 11.1. The number of aliphatic carboxylic acids is 1. The normalized spacial score (nSPS) is 22.5. The Balaban J connectivity index is 2.88. The summed E-state index contributed by atoms with van der Waals surface area (Å²) in [7, 11) is 1.17. The molecule has 0 aromatic heterocycles. The van der Waals surface area contributed by atoms with Crippen LogP contribution in [0.1, 0.15) is 12.8 Å². The van der Waals surface area contributed by atoms with Gasteiger partial charge in [0.15, 0.2) is 5.57 Å². The van der Waals surface area contributed by atoms with Crippen LogP contribution in [0.25, 0.3) is 0 Å². The number of methoxy groups -OCH3 is 1. The van der Waals surface area contributed by atoms with E-state index in [0.29, 0.717) is 18.5 Å². The molecule has 0 saturated carbocycles. The quantitative estimate of drug-likeness (QED) is 0.371. The Morgan fingerprint density at radius 3 is 2.73 bits per heavy atom. The zero-order valence-electron chi connectivity index (χ0n) is 8.11. The van der Waals surface area contributed by atoms with Gasteiger partial charge >= 0.3 is 11.9 Å². The number of hydrogen-bond acceptors (Lipinski definition) is 5. The Hall–Kier alpha value is -2.03. The van der Waals surface area contributed by atoms with Crippen molar-refractivity contribution in [1.82, 2.24) is 5.32 Å². The number of nitrogens with one attached hydrogen (secondary N) is 1. The van der Waals surface area contributed by atoms with E-state index in [-0.39, 0.29) is 5.57 Å². The largest absolute Gasteiger partial charge is 0.480 e. The fraction of sp³-hybridized carbons (Fsp3) is 0.444. The van der Waals surface area contributed by atoms with Gasteiger partial charge in [0.1, 0.15) is 12.1 Å². The van der Waals surface area contributed by atoms with Crippen molar-refractivity contribution in [3.63, 3.8) is 0 Å². The highest BCUT2D eigenvalue weighted by molar-refractivity contribution is 5.93. The molecule has 2 N–H and O–H groups in total. The van der Waals surface area contributed by atoms with E-state index in [1.165, 1.54) is 7.11 Å². The summed E-state index contributed by atoms with van der Waals surface area (Å²) in [5, 5.41) is 20.0. The van der Waals surface area contributed by atoms with Crippen molar-refractivity contribution >= 4 is 11.9 Å². The van der Waals surface area contributed by atoms with Crippen molar-refractivity contribution in [2.24, 2.45) is 0 Å². The molecular weight excluding hydrogens is 200 g/mol. The number of nitriles is 1. The number of ether oxygens (including phenoxy) is 1. The van der Waals surface area contributed by atoms with Crippen molar-refractivity contribution in [1.29, 1.82) is 5.26 Å². The van der Waals surface area contributed by atoms with Gasteiger partial charge in [-0.25, -0.2) is 9.59 Å². The number of carbonyl (C=O) groups is 2. The molecule has 1 aliphatic rings. The maximum absolute atomic E-state index is 11.1. The summed E-state index contributed by atoms with van der Waals surface area (Å²) in [5.41, 5.74) is 0.193. The summed E-state index contributed by atoms with van der Waals surface area (Å²) in [6.07, 6.45) is 0.738. The topological polar surface area (TPSA) is 99.4 Å². The minimum Gasteiger partial charge on any atom is -0.480 e. The fourth-order valence-corrected chi connectivity index (χ4v) is 1.36. The lowest BCUT2D eigenvalue weighted by Gasteiger charge is -2.05. The lowest BCUT2D eigenvalue weighted by atomic mass is 10.2. The second-order valence-corrected chi connectivity index (χ2v) is 3.03. The van der Waals surface area contributed by atoms with Gasteiger partial charge in [0.2, 0.25) is 0 Å². The van der Waals surface area contributed by atoms with E-state index in [1.54, 1.807) is 6.07 Å². The van der Waals surface area contributed by atoms with Gasteiger partial charge < -0.3 is 15.2 Å². The van der Waals surface area contributed by atoms with Crippen LogP contribution in [-0.2, 0) is 14.3 Å². The summed E-state index contributed by atoms with van der Waals surface area (Å²) < 4.78 is 4.40. The summed E-state index contributed by atoms with van der Waals surface area (Å²) in [5.74, 6) is -1.74. The lowest BCUT2D eigenvalue weighted by molar-refractivity contribution is -0.139. The molecule has 1 heterocycles. The number of carboxylic acids is 1. The molecule has 0 aliphatic carbocycles. The number of carbonyl (C=O) groups excluding carboxylic acids is 1. The van der Waals surface area contributed by atoms with Crippen molar-refractivity contribution < 1.29 is 19.4 Å². The van der Waals surface area contributed by atoms with Gasteiger partial charge in [-0.3, -0.25) is 0 Å². The molecule has 1 unspecified atom stereocenters. The molecule has 1 atom stereocenters. The Morgan fingerprint density at radius 2 is 2.33 bits per heavy atom. The SMILES string of the molecule is COC(=O)/C(C#N)=C1/CCC(C(=O)O)N1. The van der Waals surface area contributed by atoms with E-state index in [1.807, 2.05) is 0 Å². The fourth-order valence-electron chi connectivity index (χ4n) is 1.36. The van der Waals surface area contributed by atoms with E-state index in [0.717, 1.165) is 0 Å². The molecule has 1 aliphatic heterocycles. The van der Waals surface area contributed by atoms with Crippen molar-refractivity contribution in [2.45, 2.75) is 18.9 Å². The molecule has 0 aromatic carbocycles. The van der Waals surface area contributed by atoms with Gasteiger partial charge in [-0.15, -0.1) is 0 Å². The van der Waals surface area contributed by atoms with Crippen LogP contribution < -0.4 is 5.32 Å². The van der Waals surface area contributed by atoms with Crippen molar-refractivity contribution in [3.05, 3.63) is 11.3 Å². The molecule has 1 rings (SSSR count). The molecule has 6 nitrogen and oxygen atoms in total. The highest BCUT2D eigenvalue weighted by Crippen LogP contribution is 2.19. The number of rotatable bonds is 2. The Kier molecular flexibility index (Phi) is 3.29. The second kappa shape index (κ2) is 4.46. The zero-order valence-corrected chi connectivity index (χ0v) is 8.11. The van der Waals surface area contributed by atoms with Crippen LogP contribution in [0.4, 0.5) is 0 Å². The Labute approximate surface area is 86.1 Å². The number of carboxylic acid groups (broad SMARTS) is 1. The first-order chi connectivity index (χ1) is 7.10. The minimum atomic E-state index is -0.993. The van der Waals surface area contributed by atoms with Crippen LogP contribution in [-0.4, -0.2) is 30.2 Å². The smallest absolute Gasteiger partial charge is 0.350 e. The van der Waals surface area contributed by atoms with Crippen LogP contribution in [0.15, 0.2) is 11.3 Å². The predicted octanol–water partition coefficient (Wildman–Crippen LogP) is -0.226. The molecule has 1 saturated heterocycles. The van der Waals surface area contributed by atoms with Crippen LogP contribution in [0.5, 0.6) is 0 Å². The van der Waals surface area contributed by atoms with E-state index in [2.05, 4.69) is 10.1 Å². The molecule has 6 heteroatoms. The molecule has 80 valence electrons. The molecule has 0 amide bonds. The van der Waals surface area contributed by atoms with E-state index >= 15 is 0 Å². The predicted molar refractivity (Wildman–Crippen MR) is 48.4 cm³/mol. The standard InChI is InChI=1S/C9H10N2O4/c1-15-9(14)5(4-10)6-2-3-7(11-6)8(12)13/h7,11H,2-3H2,1H3,(H,12,13)/b6-5-. The average Bonchev–Trinajstić information content (AvgIpc) is 2.68. The van der Waals surface area contributed by atoms with Crippen LogP contribution in [0, 0.1) is 11.3 Å². The Bertz CT molecular complexity index is 367. The van der Waals surface area contributed by atoms with E-state index < -0.39 is 18.0 Å². The van der Waals surface area contributed by atoms with Gasteiger partial charge in [0, 0.05) is 5.70 Å². The first-order valence-electron chi connectivity index (χ1n) is 4.31. The first kappa shape index (κ1) is 11.0. The van der Waals surface area contributed by atoms with E-state index in [4.69, 9.17) is 10.4 Å². The molecule has 15 heavy (non-hydrogen) atoms. The Morgan fingerprint density at radius 1 is 1.67 bits per heavy atom. The highest BCUT2D eigenvalue weighted by atomic mass is 16.5. The number of esters is 1. The summed E-state index contributed by atoms with van der Waals surface area (Å²) in [6, 6.07) is 0.975. The second-order valence-electron chi connectivity index (χ2n) is 3.03.